The Balaban J connectivity index is 2.21. The van der Waals surface area contributed by atoms with Gasteiger partial charge in [-0.25, -0.2) is 0 Å². The van der Waals surface area contributed by atoms with Gasteiger partial charge in [0.15, 0.2) is 0 Å². The standard InChI is InChI=1S/C10H18O/c1-7-8-6-11-9(7)4-5-10(8,2)3/h7-9H,4-6H2,1-3H3. The van der Waals surface area contributed by atoms with Gasteiger partial charge >= 0.3 is 0 Å². The molecule has 0 spiro atoms. The first-order valence-corrected chi connectivity index (χ1v) is 4.73. The van der Waals surface area contributed by atoms with Crippen LogP contribution in [0.25, 0.3) is 0 Å². The fourth-order valence-corrected chi connectivity index (χ4v) is 2.77. The summed E-state index contributed by atoms with van der Waals surface area (Å²) in [5, 5.41) is 0. The second kappa shape index (κ2) is 2.22. The lowest BCUT2D eigenvalue weighted by Crippen LogP contribution is -2.35. The molecule has 3 atom stereocenters. The van der Waals surface area contributed by atoms with Crippen LogP contribution in [0.3, 0.4) is 0 Å². The lowest BCUT2D eigenvalue weighted by molar-refractivity contribution is 0.0721. The molecule has 64 valence electrons. The predicted octanol–water partition coefficient (Wildman–Crippen LogP) is 2.46. The highest BCUT2D eigenvalue weighted by molar-refractivity contribution is 4.95. The van der Waals surface area contributed by atoms with E-state index < -0.39 is 0 Å². The third kappa shape index (κ3) is 1.01. The van der Waals surface area contributed by atoms with Crippen molar-refractivity contribution in [1.29, 1.82) is 0 Å². The molecular weight excluding hydrogens is 136 g/mol. The molecule has 1 heteroatoms. The Morgan fingerprint density at radius 1 is 1.36 bits per heavy atom. The highest BCUT2D eigenvalue weighted by Gasteiger charge is 2.46. The van der Waals surface area contributed by atoms with Gasteiger partial charge in [-0.2, -0.15) is 0 Å². The highest BCUT2D eigenvalue weighted by atomic mass is 16.5. The van der Waals surface area contributed by atoms with E-state index in [9.17, 15) is 0 Å². The van der Waals surface area contributed by atoms with E-state index in [1.165, 1.54) is 12.8 Å². The SMILES string of the molecule is CC1C2CCC(C)(C)C1CO2. The second-order valence-electron chi connectivity index (χ2n) is 4.86. The van der Waals surface area contributed by atoms with Crippen LogP contribution in [-0.2, 0) is 4.74 Å². The van der Waals surface area contributed by atoms with Crippen LogP contribution in [0.2, 0.25) is 0 Å². The van der Waals surface area contributed by atoms with Crippen molar-refractivity contribution in [3.63, 3.8) is 0 Å². The maximum absolute atomic E-state index is 5.72. The number of hydrogen-bond donors (Lipinski definition) is 0. The van der Waals surface area contributed by atoms with Crippen molar-refractivity contribution >= 4 is 0 Å². The molecule has 3 unspecified atom stereocenters. The summed E-state index contributed by atoms with van der Waals surface area (Å²) in [6.45, 7) is 8.14. The first-order valence-electron chi connectivity index (χ1n) is 4.73. The van der Waals surface area contributed by atoms with E-state index >= 15 is 0 Å². The lowest BCUT2D eigenvalue weighted by Gasteiger charge is -2.38. The summed E-state index contributed by atoms with van der Waals surface area (Å²) >= 11 is 0. The molecule has 1 heterocycles. The van der Waals surface area contributed by atoms with Gasteiger partial charge in [-0.1, -0.05) is 20.8 Å². The Kier molecular flexibility index (Phi) is 1.54. The average Bonchev–Trinajstić information content (AvgIpc) is 2.18. The fraction of sp³-hybridized carbons (Fsp3) is 1.00. The summed E-state index contributed by atoms with van der Waals surface area (Å²) in [7, 11) is 0. The van der Waals surface area contributed by atoms with Crippen LogP contribution in [0, 0.1) is 17.3 Å². The first kappa shape index (κ1) is 7.60. The van der Waals surface area contributed by atoms with Gasteiger partial charge in [-0.15, -0.1) is 0 Å². The summed E-state index contributed by atoms with van der Waals surface area (Å²) in [4.78, 5) is 0. The van der Waals surface area contributed by atoms with Gasteiger partial charge in [-0.05, 0) is 30.1 Å². The molecule has 2 rings (SSSR count). The monoisotopic (exact) mass is 154 g/mol. The fourth-order valence-electron chi connectivity index (χ4n) is 2.77. The molecule has 0 N–H and O–H groups in total. The van der Waals surface area contributed by atoms with Gasteiger partial charge in [-0.3, -0.25) is 0 Å². The maximum atomic E-state index is 5.72. The maximum Gasteiger partial charge on any atom is 0.0604 e. The van der Waals surface area contributed by atoms with Crippen LogP contribution in [0.1, 0.15) is 33.6 Å². The van der Waals surface area contributed by atoms with Crippen LogP contribution in [-0.4, -0.2) is 12.7 Å². The Bertz CT molecular complexity index is 162. The largest absolute Gasteiger partial charge is 0.378 e. The Hall–Kier alpha value is -0.0400. The van der Waals surface area contributed by atoms with Gasteiger partial charge in [0.25, 0.3) is 0 Å². The molecule has 1 saturated heterocycles. The molecule has 1 aliphatic carbocycles. The van der Waals surface area contributed by atoms with E-state index in [2.05, 4.69) is 20.8 Å². The van der Waals surface area contributed by atoms with E-state index in [1.54, 1.807) is 0 Å². The number of rotatable bonds is 0. The van der Waals surface area contributed by atoms with Gasteiger partial charge in [0.2, 0.25) is 0 Å². The van der Waals surface area contributed by atoms with E-state index in [1.807, 2.05) is 0 Å². The third-order valence-corrected chi connectivity index (χ3v) is 3.79. The summed E-state index contributed by atoms with van der Waals surface area (Å²) < 4.78 is 5.72. The number of hydrogen-bond acceptors (Lipinski definition) is 1. The molecule has 0 amide bonds. The van der Waals surface area contributed by atoms with Crippen molar-refractivity contribution in [2.75, 3.05) is 6.61 Å². The molecule has 2 aliphatic rings. The van der Waals surface area contributed by atoms with E-state index in [0.29, 0.717) is 11.5 Å². The van der Waals surface area contributed by atoms with E-state index in [0.717, 1.165) is 18.4 Å². The Morgan fingerprint density at radius 2 is 2.09 bits per heavy atom. The lowest BCUT2D eigenvalue weighted by atomic mass is 9.65. The summed E-state index contributed by atoms with van der Waals surface area (Å²) in [5.41, 5.74) is 0.534. The first-order chi connectivity index (χ1) is 5.11. The smallest absolute Gasteiger partial charge is 0.0604 e. The molecule has 0 aromatic carbocycles. The van der Waals surface area contributed by atoms with Crippen LogP contribution >= 0.6 is 0 Å². The van der Waals surface area contributed by atoms with Gasteiger partial charge in [0.05, 0.1) is 12.7 Å². The van der Waals surface area contributed by atoms with Crippen molar-refractivity contribution < 1.29 is 4.74 Å². The summed E-state index contributed by atoms with van der Waals surface area (Å²) in [6, 6.07) is 0. The molecule has 0 aromatic heterocycles. The minimum Gasteiger partial charge on any atom is -0.378 e. The quantitative estimate of drug-likeness (QED) is 0.521. The molecule has 0 radical (unpaired) electrons. The minimum atomic E-state index is 0.534. The van der Waals surface area contributed by atoms with Crippen LogP contribution in [0.5, 0.6) is 0 Å². The molecule has 1 saturated carbocycles. The number of fused-ring (bicyclic) bond motifs is 2. The molecule has 1 nitrogen and oxygen atoms in total. The third-order valence-electron chi connectivity index (χ3n) is 3.79. The van der Waals surface area contributed by atoms with Gasteiger partial charge in [0.1, 0.15) is 0 Å². The summed E-state index contributed by atoms with van der Waals surface area (Å²) in [5.74, 6) is 1.62. The molecular formula is C10H18O. The average molecular weight is 154 g/mol. The van der Waals surface area contributed by atoms with Crippen molar-refractivity contribution in [3.05, 3.63) is 0 Å². The van der Waals surface area contributed by atoms with Crippen LogP contribution in [0.4, 0.5) is 0 Å². The topological polar surface area (TPSA) is 9.23 Å². The minimum absolute atomic E-state index is 0.534. The molecule has 0 aromatic rings. The zero-order valence-electron chi connectivity index (χ0n) is 7.76. The zero-order chi connectivity index (χ0) is 8.06. The van der Waals surface area contributed by atoms with Crippen molar-refractivity contribution in [2.45, 2.75) is 39.7 Å². The Morgan fingerprint density at radius 3 is 2.73 bits per heavy atom. The zero-order valence-corrected chi connectivity index (χ0v) is 7.76. The van der Waals surface area contributed by atoms with Crippen molar-refractivity contribution in [1.82, 2.24) is 0 Å². The van der Waals surface area contributed by atoms with E-state index in [4.69, 9.17) is 4.74 Å². The van der Waals surface area contributed by atoms with E-state index in [-0.39, 0.29) is 0 Å². The molecule has 11 heavy (non-hydrogen) atoms. The Labute approximate surface area is 69.1 Å². The highest BCUT2D eigenvalue weighted by Crippen LogP contribution is 2.48. The number of ether oxygens (including phenoxy) is 1. The van der Waals surface area contributed by atoms with Gasteiger partial charge in [0, 0.05) is 0 Å². The molecule has 2 fully saturated rings. The second-order valence-corrected chi connectivity index (χ2v) is 4.86. The van der Waals surface area contributed by atoms with Gasteiger partial charge < -0.3 is 4.74 Å². The normalized spacial score (nSPS) is 47.7. The van der Waals surface area contributed by atoms with Crippen molar-refractivity contribution in [3.8, 4) is 0 Å². The van der Waals surface area contributed by atoms with Crippen molar-refractivity contribution in [2.24, 2.45) is 17.3 Å². The molecule has 1 aliphatic heterocycles. The summed E-state index contributed by atoms with van der Waals surface area (Å²) in [6.07, 6.45) is 3.23. The predicted molar refractivity (Wildman–Crippen MR) is 45.4 cm³/mol. The van der Waals surface area contributed by atoms with Crippen LogP contribution in [0.15, 0.2) is 0 Å². The van der Waals surface area contributed by atoms with Crippen LogP contribution < -0.4 is 0 Å². The molecule has 2 bridgehead atoms.